The van der Waals surface area contributed by atoms with Crippen molar-refractivity contribution in [2.45, 2.75) is 45.3 Å². The van der Waals surface area contributed by atoms with Gasteiger partial charge in [-0.1, -0.05) is 0 Å². The molecule has 0 spiro atoms. The van der Waals surface area contributed by atoms with Crippen LogP contribution in [0.4, 0.5) is 10.2 Å². The molecule has 1 aliphatic rings. The van der Waals surface area contributed by atoms with Crippen molar-refractivity contribution in [2.24, 2.45) is 0 Å². The molecule has 0 aliphatic heterocycles. The fourth-order valence-electron chi connectivity index (χ4n) is 2.08. The lowest BCUT2D eigenvalue weighted by Crippen LogP contribution is -2.29. The second kappa shape index (κ2) is 4.33. The van der Waals surface area contributed by atoms with E-state index in [0.29, 0.717) is 11.5 Å². The normalized spacial score (nSPS) is 24.8. The second-order valence-electron chi connectivity index (χ2n) is 4.27. The van der Waals surface area contributed by atoms with Crippen LogP contribution in [0.5, 0.6) is 0 Å². The van der Waals surface area contributed by atoms with Crippen LogP contribution in [0.25, 0.3) is 0 Å². The summed E-state index contributed by atoms with van der Waals surface area (Å²) in [6, 6.07) is -0.0943. The van der Waals surface area contributed by atoms with E-state index in [1.807, 2.05) is 0 Å². The van der Waals surface area contributed by atoms with Crippen LogP contribution in [0.1, 0.15) is 30.8 Å². The van der Waals surface area contributed by atoms with Gasteiger partial charge in [0.25, 0.3) is 0 Å². The molecule has 16 heavy (non-hydrogen) atoms. The van der Waals surface area contributed by atoms with Crippen LogP contribution in [-0.4, -0.2) is 27.2 Å². The largest absolute Gasteiger partial charge is 0.391 e. The maximum atomic E-state index is 13.7. The van der Waals surface area contributed by atoms with E-state index in [0.717, 1.165) is 19.3 Å². The number of hydrogen-bond acceptors (Lipinski definition) is 4. The van der Waals surface area contributed by atoms with Gasteiger partial charge in [-0.2, -0.15) is 0 Å². The molecule has 0 bridgehead atoms. The first-order chi connectivity index (χ1) is 7.58. The maximum absolute atomic E-state index is 13.7. The average Bonchev–Trinajstić information content (AvgIpc) is 2.60. The van der Waals surface area contributed by atoms with E-state index < -0.39 is 11.9 Å². The highest BCUT2D eigenvalue weighted by molar-refractivity contribution is 5.39. The molecule has 4 nitrogen and oxygen atoms in total. The molecule has 1 aliphatic carbocycles. The molecule has 0 amide bonds. The molecule has 1 heterocycles. The van der Waals surface area contributed by atoms with E-state index in [2.05, 4.69) is 15.3 Å². The molecule has 1 aromatic rings. The number of anilines is 1. The fourth-order valence-corrected chi connectivity index (χ4v) is 2.08. The van der Waals surface area contributed by atoms with Crippen molar-refractivity contribution in [1.29, 1.82) is 0 Å². The molecule has 0 aromatic carbocycles. The van der Waals surface area contributed by atoms with Crippen molar-refractivity contribution in [2.75, 3.05) is 5.32 Å². The Morgan fingerprint density at radius 1 is 1.31 bits per heavy atom. The highest BCUT2D eigenvalue weighted by Crippen LogP contribution is 2.24. The van der Waals surface area contributed by atoms with Crippen molar-refractivity contribution in [3.63, 3.8) is 0 Å². The van der Waals surface area contributed by atoms with Crippen molar-refractivity contribution < 1.29 is 9.50 Å². The number of hydrogen-bond donors (Lipinski definition) is 2. The number of nitrogens with zero attached hydrogens (tertiary/aromatic N) is 2. The molecule has 88 valence electrons. The highest BCUT2D eigenvalue weighted by Gasteiger charge is 2.26. The molecule has 0 radical (unpaired) electrons. The zero-order valence-electron chi connectivity index (χ0n) is 9.50. The summed E-state index contributed by atoms with van der Waals surface area (Å²) in [4.78, 5) is 7.96. The smallest absolute Gasteiger partial charge is 0.186 e. The number of halogens is 1. The van der Waals surface area contributed by atoms with Crippen molar-refractivity contribution >= 4 is 5.82 Å². The standard InChI is InChI=1S/C11H16FN3O/c1-6-10(12)11(14-7(2)13-6)15-8-4-3-5-9(8)16/h8-9,16H,3-5H2,1-2H3,(H,13,14,15)/t8-,9-/m1/s1. The van der Waals surface area contributed by atoms with E-state index in [-0.39, 0.29) is 11.9 Å². The predicted molar refractivity (Wildman–Crippen MR) is 58.7 cm³/mol. The Kier molecular flexibility index (Phi) is 3.05. The molecule has 1 aromatic heterocycles. The first-order valence-corrected chi connectivity index (χ1v) is 5.53. The first kappa shape index (κ1) is 11.3. The van der Waals surface area contributed by atoms with Gasteiger partial charge in [0.2, 0.25) is 0 Å². The van der Waals surface area contributed by atoms with Crippen LogP contribution in [0.3, 0.4) is 0 Å². The zero-order valence-corrected chi connectivity index (χ0v) is 9.50. The van der Waals surface area contributed by atoms with Crippen LogP contribution in [0.2, 0.25) is 0 Å². The maximum Gasteiger partial charge on any atom is 0.186 e. The summed E-state index contributed by atoms with van der Waals surface area (Å²) in [6.45, 7) is 3.34. The van der Waals surface area contributed by atoms with Gasteiger partial charge >= 0.3 is 0 Å². The summed E-state index contributed by atoms with van der Waals surface area (Å²) < 4.78 is 13.7. The van der Waals surface area contributed by atoms with Crippen LogP contribution in [0.15, 0.2) is 0 Å². The van der Waals surface area contributed by atoms with Crippen LogP contribution in [0, 0.1) is 19.7 Å². The summed E-state index contributed by atoms with van der Waals surface area (Å²) >= 11 is 0. The number of rotatable bonds is 2. The summed E-state index contributed by atoms with van der Waals surface area (Å²) in [5.41, 5.74) is 0.336. The SMILES string of the molecule is Cc1nc(C)c(F)c(N[C@@H]2CCC[C@H]2O)n1. The van der Waals surface area contributed by atoms with Gasteiger partial charge in [0.15, 0.2) is 11.6 Å². The van der Waals surface area contributed by atoms with Gasteiger partial charge in [-0.25, -0.2) is 14.4 Å². The Hall–Kier alpha value is -1.23. The van der Waals surface area contributed by atoms with Crippen molar-refractivity contribution in [3.8, 4) is 0 Å². The Labute approximate surface area is 93.9 Å². The van der Waals surface area contributed by atoms with E-state index in [1.54, 1.807) is 13.8 Å². The van der Waals surface area contributed by atoms with E-state index in [1.165, 1.54) is 0 Å². The Morgan fingerprint density at radius 3 is 2.69 bits per heavy atom. The third-order valence-corrected chi connectivity index (χ3v) is 2.93. The molecule has 2 rings (SSSR count). The van der Waals surface area contributed by atoms with E-state index in [4.69, 9.17) is 0 Å². The molecule has 1 saturated carbocycles. The fraction of sp³-hybridized carbons (Fsp3) is 0.636. The Bertz CT molecular complexity index is 397. The van der Waals surface area contributed by atoms with Gasteiger partial charge in [0, 0.05) is 0 Å². The van der Waals surface area contributed by atoms with Gasteiger partial charge in [-0.05, 0) is 33.1 Å². The average molecular weight is 225 g/mol. The van der Waals surface area contributed by atoms with Gasteiger partial charge < -0.3 is 10.4 Å². The van der Waals surface area contributed by atoms with Crippen LogP contribution < -0.4 is 5.32 Å². The molecule has 1 fully saturated rings. The highest BCUT2D eigenvalue weighted by atomic mass is 19.1. The molecule has 2 atom stereocenters. The summed E-state index contributed by atoms with van der Waals surface area (Å²) in [6.07, 6.45) is 2.17. The number of aryl methyl sites for hydroxylation is 2. The third-order valence-electron chi connectivity index (χ3n) is 2.93. The second-order valence-corrected chi connectivity index (χ2v) is 4.27. The van der Waals surface area contributed by atoms with Gasteiger partial charge in [-0.15, -0.1) is 0 Å². The lowest BCUT2D eigenvalue weighted by molar-refractivity contribution is 0.171. The quantitative estimate of drug-likeness (QED) is 0.802. The van der Waals surface area contributed by atoms with Gasteiger partial charge in [-0.3, -0.25) is 0 Å². The lowest BCUT2D eigenvalue weighted by atomic mass is 10.2. The van der Waals surface area contributed by atoms with Crippen molar-refractivity contribution in [3.05, 3.63) is 17.3 Å². The summed E-state index contributed by atoms with van der Waals surface area (Å²) in [5, 5.41) is 12.6. The Morgan fingerprint density at radius 2 is 2.06 bits per heavy atom. The minimum absolute atomic E-state index is 0.0943. The molecule has 5 heteroatoms. The van der Waals surface area contributed by atoms with Gasteiger partial charge in [0.1, 0.15) is 5.82 Å². The molecular weight excluding hydrogens is 209 g/mol. The summed E-state index contributed by atoms with van der Waals surface area (Å²) in [5.74, 6) is 0.314. The van der Waals surface area contributed by atoms with Gasteiger partial charge in [0.05, 0.1) is 17.8 Å². The van der Waals surface area contributed by atoms with Crippen molar-refractivity contribution in [1.82, 2.24) is 9.97 Å². The molecule has 0 unspecified atom stereocenters. The lowest BCUT2D eigenvalue weighted by Gasteiger charge is -2.18. The zero-order chi connectivity index (χ0) is 11.7. The van der Waals surface area contributed by atoms with E-state index in [9.17, 15) is 9.50 Å². The molecule has 2 N–H and O–H groups in total. The summed E-state index contributed by atoms with van der Waals surface area (Å²) in [7, 11) is 0. The monoisotopic (exact) mass is 225 g/mol. The molecule has 0 saturated heterocycles. The minimum atomic E-state index is -0.426. The third kappa shape index (κ3) is 2.14. The Balaban J connectivity index is 2.20. The number of nitrogens with one attached hydrogen (secondary N) is 1. The van der Waals surface area contributed by atoms with Crippen LogP contribution in [-0.2, 0) is 0 Å². The first-order valence-electron chi connectivity index (χ1n) is 5.53. The predicted octanol–water partition coefficient (Wildman–Crippen LogP) is 1.56. The minimum Gasteiger partial charge on any atom is -0.391 e. The molecular formula is C11H16FN3O. The number of aliphatic hydroxyl groups excluding tert-OH is 1. The number of aliphatic hydroxyl groups is 1. The number of aromatic nitrogens is 2. The van der Waals surface area contributed by atoms with E-state index >= 15 is 0 Å². The topological polar surface area (TPSA) is 58.0 Å². The van der Waals surface area contributed by atoms with Crippen LogP contribution >= 0.6 is 0 Å².